The molecular formula is C13H18N6. The second-order valence-corrected chi connectivity index (χ2v) is 5.25. The highest BCUT2D eigenvalue weighted by Gasteiger charge is 2.22. The first-order valence-electron chi connectivity index (χ1n) is 6.99. The average Bonchev–Trinajstić information content (AvgIpc) is 3.07. The zero-order chi connectivity index (χ0) is 12.7. The van der Waals surface area contributed by atoms with E-state index in [1.807, 2.05) is 10.6 Å². The van der Waals surface area contributed by atoms with E-state index in [4.69, 9.17) is 4.98 Å². The number of piperidine rings is 1. The van der Waals surface area contributed by atoms with Gasteiger partial charge in [0.1, 0.15) is 11.6 Å². The third kappa shape index (κ3) is 1.83. The Morgan fingerprint density at radius 1 is 1.37 bits per heavy atom. The summed E-state index contributed by atoms with van der Waals surface area (Å²) in [6.45, 7) is 3.12. The third-order valence-electron chi connectivity index (χ3n) is 3.94. The summed E-state index contributed by atoms with van der Waals surface area (Å²) in [4.78, 5) is 4.72. The van der Waals surface area contributed by atoms with Gasteiger partial charge in [0, 0.05) is 30.8 Å². The first-order chi connectivity index (χ1) is 9.42. The molecule has 19 heavy (non-hydrogen) atoms. The molecule has 2 aromatic heterocycles. The molecule has 100 valence electrons. The first kappa shape index (κ1) is 11.0. The van der Waals surface area contributed by atoms with Crippen LogP contribution >= 0.6 is 0 Å². The van der Waals surface area contributed by atoms with Gasteiger partial charge >= 0.3 is 0 Å². The Balaban J connectivity index is 1.72. The van der Waals surface area contributed by atoms with Crippen LogP contribution in [-0.4, -0.2) is 40.3 Å². The second kappa shape index (κ2) is 4.38. The fourth-order valence-electron chi connectivity index (χ4n) is 2.99. The van der Waals surface area contributed by atoms with Gasteiger partial charge in [0.05, 0.1) is 6.20 Å². The number of anilines is 2. The summed E-state index contributed by atoms with van der Waals surface area (Å²) in [6.07, 6.45) is 5.25. The van der Waals surface area contributed by atoms with Crippen LogP contribution in [0.5, 0.6) is 0 Å². The van der Waals surface area contributed by atoms with Crippen LogP contribution in [0.2, 0.25) is 0 Å². The van der Waals surface area contributed by atoms with Crippen LogP contribution in [0.15, 0.2) is 12.3 Å². The van der Waals surface area contributed by atoms with Gasteiger partial charge in [-0.25, -0.2) is 4.98 Å². The van der Waals surface area contributed by atoms with E-state index >= 15 is 0 Å². The fraction of sp³-hybridized carbons (Fsp3) is 0.538. The maximum atomic E-state index is 4.72. The van der Waals surface area contributed by atoms with Gasteiger partial charge in [-0.1, -0.05) is 0 Å². The quantitative estimate of drug-likeness (QED) is 0.745. The molecular weight excluding hydrogens is 240 g/mol. The molecule has 0 unspecified atom stereocenters. The summed E-state index contributed by atoms with van der Waals surface area (Å²) in [5.74, 6) is 2.13. The van der Waals surface area contributed by atoms with Crippen molar-refractivity contribution in [3.05, 3.63) is 17.8 Å². The van der Waals surface area contributed by atoms with Crippen molar-refractivity contribution in [3.8, 4) is 0 Å². The molecule has 2 aliphatic heterocycles. The number of nitrogens with one attached hydrogen (secondary N) is 3. The van der Waals surface area contributed by atoms with Crippen molar-refractivity contribution in [1.82, 2.24) is 19.9 Å². The Bertz CT molecular complexity index is 598. The number of nitrogens with zero attached hydrogens (tertiary/aromatic N) is 3. The Labute approximate surface area is 111 Å². The topological polar surface area (TPSA) is 66.3 Å². The summed E-state index contributed by atoms with van der Waals surface area (Å²) in [5, 5.41) is 14.8. The summed E-state index contributed by atoms with van der Waals surface area (Å²) < 4.78 is 1.90. The summed E-state index contributed by atoms with van der Waals surface area (Å²) >= 11 is 0. The van der Waals surface area contributed by atoms with E-state index in [-0.39, 0.29) is 0 Å². The lowest BCUT2D eigenvalue weighted by molar-refractivity contribution is 0.479. The zero-order valence-electron chi connectivity index (χ0n) is 10.8. The SMILES string of the molecule is c1cc2nc(N[C@H]3CCCNC3)c3c(n2n1)NCC3. The van der Waals surface area contributed by atoms with E-state index in [2.05, 4.69) is 21.0 Å². The van der Waals surface area contributed by atoms with Crippen molar-refractivity contribution >= 4 is 17.3 Å². The van der Waals surface area contributed by atoms with Crippen LogP contribution in [0.3, 0.4) is 0 Å². The van der Waals surface area contributed by atoms with Gasteiger partial charge in [0.15, 0.2) is 5.65 Å². The number of hydrogen-bond acceptors (Lipinski definition) is 5. The number of aromatic nitrogens is 3. The minimum atomic E-state index is 0.483. The number of rotatable bonds is 2. The van der Waals surface area contributed by atoms with Gasteiger partial charge < -0.3 is 16.0 Å². The highest BCUT2D eigenvalue weighted by Crippen LogP contribution is 2.29. The molecule has 3 N–H and O–H groups in total. The Kier molecular flexibility index (Phi) is 2.55. The van der Waals surface area contributed by atoms with E-state index in [1.165, 1.54) is 18.4 Å². The Morgan fingerprint density at radius 3 is 3.26 bits per heavy atom. The van der Waals surface area contributed by atoms with Crippen LogP contribution in [0.4, 0.5) is 11.6 Å². The lowest BCUT2D eigenvalue weighted by Gasteiger charge is -2.25. The Morgan fingerprint density at radius 2 is 2.37 bits per heavy atom. The van der Waals surface area contributed by atoms with Crippen LogP contribution < -0.4 is 16.0 Å². The molecule has 0 radical (unpaired) electrons. The summed E-state index contributed by atoms with van der Waals surface area (Å²) in [6, 6.07) is 2.43. The molecule has 1 atom stereocenters. The zero-order valence-corrected chi connectivity index (χ0v) is 10.8. The van der Waals surface area contributed by atoms with E-state index in [0.29, 0.717) is 6.04 Å². The molecule has 0 bridgehead atoms. The maximum absolute atomic E-state index is 4.72. The molecule has 0 aliphatic carbocycles. The number of fused-ring (bicyclic) bond motifs is 3. The lowest BCUT2D eigenvalue weighted by atomic mass is 10.1. The molecule has 0 saturated carbocycles. The van der Waals surface area contributed by atoms with Gasteiger partial charge in [-0.05, 0) is 25.8 Å². The van der Waals surface area contributed by atoms with Gasteiger partial charge in [0.2, 0.25) is 0 Å². The fourth-order valence-corrected chi connectivity index (χ4v) is 2.99. The van der Waals surface area contributed by atoms with Crippen molar-refractivity contribution in [2.24, 2.45) is 0 Å². The van der Waals surface area contributed by atoms with Crippen molar-refractivity contribution < 1.29 is 0 Å². The molecule has 6 nitrogen and oxygen atoms in total. The van der Waals surface area contributed by atoms with Crippen LogP contribution in [0.1, 0.15) is 18.4 Å². The van der Waals surface area contributed by atoms with Crippen molar-refractivity contribution in [2.75, 3.05) is 30.3 Å². The van der Waals surface area contributed by atoms with Gasteiger partial charge in [-0.2, -0.15) is 9.61 Å². The highest BCUT2D eigenvalue weighted by molar-refractivity contribution is 5.67. The predicted molar refractivity (Wildman–Crippen MR) is 74.7 cm³/mol. The number of hydrogen-bond donors (Lipinski definition) is 3. The van der Waals surface area contributed by atoms with Gasteiger partial charge in [0.25, 0.3) is 0 Å². The highest BCUT2D eigenvalue weighted by atomic mass is 15.3. The van der Waals surface area contributed by atoms with Gasteiger partial charge in [-0.15, -0.1) is 0 Å². The minimum absolute atomic E-state index is 0.483. The van der Waals surface area contributed by atoms with Crippen molar-refractivity contribution in [2.45, 2.75) is 25.3 Å². The molecule has 2 aromatic rings. The maximum Gasteiger partial charge on any atom is 0.159 e. The van der Waals surface area contributed by atoms with E-state index in [0.717, 1.165) is 43.3 Å². The van der Waals surface area contributed by atoms with Crippen molar-refractivity contribution in [3.63, 3.8) is 0 Å². The third-order valence-corrected chi connectivity index (χ3v) is 3.94. The van der Waals surface area contributed by atoms with E-state index in [1.54, 1.807) is 6.20 Å². The smallest absolute Gasteiger partial charge is 0.159 e. The monoisotopic (exact) mass is 258 g/mol. The van der Waals surface area contributed by atoms with Crippen LogP contribution in [0, 0.1) is 0 Å². The van der Waals surface area contributed by atoms with Crippen molar-refractivity contribution in [1.29, 1.82) is 0 Å². The van der Waals surface area contributed by atoms with Gasteiger partial charge in [-0.3, -0.25) is 0 Å². The normalized spacial score (nSPS) is 22.2. The van der Waals surface area contributed by atoms with Crippen LogP contribution in [-0.2, 0) is 6.42 Å². The molecule has 4 rings (SSSR count). The van der Waals surface area contributed by atoms with E-state index < -0.39 is 0 Å². The molecule has 0 aromatic carbocycles. The minimum Gasteiger partial charge on any atom is -0.369 e. The standard InChI is InChI=1S/C13H18N6/c1-2-9(8-14-5-1)17-12-10-3-6-15-13(10)19-11(18-12)4-7-16-19/h4,7,9,14-15H,1-3,5-6,8H2,(H,17,18)/t9-/m0/s1. The molecule has 4 heterocycles. The molecule has 1 fully saturated rings. The summed E-state index contributed by atoms with van der Waals surface area (Å²) in [7, 11) is 0. The molecule has 6 heteroatoms. The average molecular weight is 258 g/mol. The molecule has 0 amide bonds. The van der Waals surface area contributed by atoms with Crippen LogP contribution in [0.25, 0.3) is 5.65 Å². The van der Waals surface area contributed by atoms with E-state index in [9.17, 15) is 0 Å². The molecule has 0 spiro atoms. The lowest BCUT2D eigenvalue weighted by Crippen LogP contribution is -2.38. The molecule has 1 saturated heterocycles. The predicted octanol–water partition coefficient (Wildman–Crippen LogP) is 0.861. The summed E-state index contributed by atoms with van der Waals surface area (Å²) in [5.41, 5.74) is 2.17. The second-order valence-electron chi connectivity index (χ2n) is 5.25. The first-order valence-corrected chi connectivity index (χ1v) is 6.99. The largest absolute Gasteiger partial charge is 0.369 e. The molecule has 2 aliphatic rings. The Hall–Kier alpha value is -1.82.